The lowest BCUT2D eigenvalue weighted by molar-refractivity contribution is 0.122. The second-order valence-corrected chi connectivity index (χ2v) is 7.84. The number of aromatic nitrogens is 6. The van der Waals surface area contributed by atoms with Crippen molar-refractivity contribution in [1.82, 2.24) is 30.1 Å². The van der Waals surface area contributed by atoms with Gasteiger partial charge in [0.05, 0.1) is 25.5 Å². The third kappa shape index (κ3) is 4.32. The zero-order valence-electron chi connectivity index (χ0n) is 18.2. The number of carbonyl (C=O) groups is 1. The number of rotatable bonds is 5. The molecular weight excluding hydrogens is 426 g/mol. The van der Waals surface area contributed by atoms with Crippen molar-refractivity contribution in [2.45, 2.75) is 19.9 Å². The summed E-state index contributed by atoms with van der Waals surface area (Å²) in [6.45, 7) is 6.80. The summed E-state index contributed by atoms with van der Waals surface area (Å²) in [6.07, 6.45) is 2.76. The predicted octanol–water partition coefficient (Wildman–Crippen LogP) is 2.94. The van der Waals surface area contributed by atoms with Gasteiger partial charge < -0.3 is 24.8 Å². The Morgan fingerprint density at radius 1 is 1.06 bits per heavy atom. The Hall–Kier alpha value is -4.06. The summed E-state index contributed by atoms with van der Waals surface area (Å²) < 4.78 is 12.0. The van der Waals surface area contributed by atoms with Gasteiger partial charge in [-0.05, 0) is 38.1 Å². The molecule has 0 bridgehead atoms. The van der Waals surface area contributed by atoms with E-state index in [2.05, 4.69) is 31.0 Å². The zero-order valence-corrected chi connectivity index (χ0v) is 18.2. The van der Waals surface area contributed by atoms with Gasteiger partial charge in [0.15, 0.2) is 22.8 Å². The van der Waals surface area contributed by atoms with Crippen LogP contribution in [0.1, 0.15) is 19.9 Å². The molecule has 12 nitrogen and oxygen atoms in total. The number of nitrogens with one attached hydrogen (secondary N) is 2. The minimum atomic E-state index is -0.398. The molecule has 1 aliphatic heterocycles. The average Bonchev–Trinajstić information content (AvgIpc) is 3.49. The maximum Gasteiger partial charge on any atom is 0.323 e. The van der Waals surface area contributed by atoms with Gasteiger partial charge in [-0.25, -0.2) is 19.4 Å². The number of carbonyl (C=O) groups excluding carboxylic acids is 1. The molecule has 0 saturated carbocycles. The van der Waals surface area contributed by atoms with E-state index in [0.29, 0.717) is 41.6 Å². The number of nitrogens with zero attached hydrogens (tertiary/aromatic N) is 7. The smallest absolute Gasteiger partial charge is 0.323 e. The molecule has 0 spiro atoms. The minimum absolute atomic E-state index is 0.103. The van der Waals surface area contributed by atoms with Crippen LogP contribution < -0.4 is 15.5 Å². The average molecular weight is 449 g/mol. The Morgan fingerprint density at radius 3 is 2.52 bits per heavy atom. The lowest BCUT2D eigenvalue weighted by Crippen LogP contribution is -2.37. The maximum atomic E-state index is 12.1. The van der Waals surface area contributed by atoms with Gasteiger partial charge in [-0.3, -0.25) is 0 Å². The molecule has 1 aliphatic rings. The van der Waals surface area contributed by atoms with E-state index in [0.717, 1.165) is 24.5 Å². The fourth-order valence-corrected chi connectivity index (χ4v) is 3.55. The Kier molecular flexibility index (Phi) is 5.57. The van der Waals surface area contributed by atoms with Crippen molar-refractivity contribution in [2.75, 3.05) is 41.8 Å². The Labute approximate surface area is 188 Å². The maximum absolute atomic E-state index is 12.1. The molecule has 3 aromatic heterocycles. The van der Waals surface area contributed by atoms with Gasteiger partial charge in [0.25, 0.3) is 0 Å². The number of urea groups is 1. The van der Waals surface area contributed by atoms with Gasteiger partial charge >= 0.3 is 6.03 Å². The van der Waals surface area contributed by atoms with Crippen LogP contribution in [0, 0.1) is 0 Å². The number of amides is 2. The first kappa shape index (κ1) is 20.8. The zero-order chi connectivity index (χ0) is 22.8. The van der Waals surface area contributed by atoms with E-state index in [4.69, 9.17) is 19.2 Å². The molecule has 170 valence electrons. The summed E-state index contributed by atoms with van der Waals surface area (Å²) in [7, 11) is 0. The highest BCUT2D eigenvalue weighted by atomic mass is 16.5. The van der Waals surface area contributed by atoms with E-state index in [1.165, 1.54) is 12.5 Å². The van der Waals surface area contributed by atoms with Gasteiger partial charge in [-0.2, -0.15) is 0 Å². The standard InChI is InChI=1S/C21H23N9O3/c1-13(2)30-20-17(27-28-30)19(29-7-9-32-10-8-29)25-18(26-20)14-3-5-15(6-4-14)23-21(31)24-16-11-22-33-12-16/h3-6,11-13H,7-10H2,1-2H3,(H2,23,24,31). The fraction of sp³-hybridized carbons (Fsp3) is 0.333. The number of ether oxygens (including phenoxy) is 1. The summed E-state index contributed by atoms with van der Waals surface area (Å²) in [5, 5.41) is 17.6. The molecule has 0 unspecified atom stereocenters. The molecule has 4 aromatic rings. The molecule has 33 heavy (non-hydrogen) atoms. The topological polar surface area (TPSA) is 136 Å². The van der Waals surface area contributed by atoms with E-state index >= 15 is 0 Å². The molecular formula is C21H23N9O3. The highest BCUT2D eigenvalue weighted by Gasteiger charge is 2.22. The SMILES string of the molecule is CC(C)n1nnc2c(N3CCOCC3)nc(-c3ccc(NC(=O)Nc4cnoc4)cc3)nc21. The van der Waals surface area contributed by atoms with Crippen LogP contribution in [0.2, 0.25) is 0 Å². The molecule has 1 aromatic carbocycles. The van der Waals surface area contributed by atoms with Crippen LogP contribution in [0.5, 0.6) is 0 Å². The van der Waals surface area contributed by atoms with E-state index < -0.39 is 6.03 Å². The third-order valence-electron chi connectivity index (χ3n) is 5.20. The monoisotopic (exact) mass is 449 g/mol. The predicted molar refractivity (Wildman–Crippen MR) is 121 cm³/mol. The summed E-state index contributed by atoms with van der Waals surface area (Å²) in [4.78, 5) is 23.9. The molecule has 1 saturated heterocycles. The van der Waals surface area contributed by atoms with Crippen LogP contribution in [0.25, 0.3) is 22.6 Å². The molecule has 0 atom stereocenters. The minimum Gasteiger partial charge on any atom is -0.378 e. The van der Waals surface area contributed by atoms with Crippen molar-refractivity contribution >= 4 is 34.4 Å². The van der Waals surface area contributed by atoms with Crippen LogP contribution >= 0.6 is 0 Å². The highest BCUT2D eigenvalue weighted by molar-refractivity contribution is 5.99. The molecule has 2 amide bonds. The van der Waals surface area contributed by atoms with Crippen molar-refractivity contribution in [3.8, 4) is 11.4 Å². The van der Waals surface area contributed by atoms with Gasteiger partial charge in [-0.15, -0.1) is 5.10 Å². The van der Waals surface area contributed by atoms with Crippen LogP contribution in [-0.2, 0) is 4.74 Å². The van der Waals surface area contributed by atoms with E-state index in [1.54, 1.807) is 16.8 Å². The number of anilines is 3. The Morgan fingerprint density at radius 2 is 1.82 bits per heavy atom. The molecule has 2 N–H and O–H groups in total. The van der Waals surface area contributed by atoms with Crippen molar-refractivity contribution in [3.05, 3.63) is 36.7 Å². The normalized spacial score (nSPS) is 14.1. The Balaban J connectivity index is 1.44. The number of hydrogen-bond acceptors (Lipinski definition) is 9. The summed E-state index contributed by atoms with van der Waals surface area (Å²) in [6, 6.07) is 7.02. The summed E-state index contributed by atoms with van der Waals surface area (Å²) in [5.74, 6) is 1.31. The summed E-state index contributed by atoms with van der Waals surface area (Å²) >= 11 is 0. The van der Waals surface area contributed by atoms with Gasteiger partial charge in [0.1, 0.15) is 12.0 Å². The van der Waals surface area contributed by atoms with Gasteiger partial charge in [0, 0.05) is 24.3 Å². The highest BCUT2D eigenvalue weighted by Crippen LogP contribution is 2.28. The van der Waals surface area contributed by atoms with Crippen LogP contribution in [0.4, 0.5) is 22.0 Å². The van der Waals surface area contributed by atoms with Gasteiger partial charge in [-0.1, -0.05) is 10.4 Å². The molecule has 0 radical (unpaired) electrons. The molecule has 1 fully saturated rings. The van der Waals surface area contributed by atoms with Crippen molar-refractivity contribution in [2.24, 2.45) is 0 Å². The second-order valence-electron chi connectivity index (χ2n) is 7.84. The first-order chi connectivity index (χ1) is 16.1. The first-order valence-electron chi connectivity index (χ1n) is 10.6. The first-order valence-corrected chi connectivity index (χ1v) is 10.6. The van der Waals surface area contributed by atoms with E-state index in [-0.39, 0.29) is 6.04 Å². The number of fused-ring (bicyclic) bond motifs is 1. The molecule has 4 heterocycles. The fourth-order valence-electron chi connectivity index (χ4n) is 3.55. The lowest BCUT2D eigenvalue weighted by Gasteiger charge is -2.28. The lowest BCUT2D eigenvalue weighted by atomic mass is 10.2. The Bertz CT molecular complexity index is 1250. The quantitative estimate of drug-likeness (QED) is 0.471. The molecule has 12 heteroatoms. The molecule has 0 aliphatic carbocycles. The van der Waals surface area contributed by atoms with Crippen molar-refractivity contribution < 1.29 is 14.1 Å². The summed E-state index contributed by atoms with van der Waals surface area (Å²) in [5.41, 5.74) is 3.27. The largest absolute Gasteiger partial charge is 0.378 e. The molecule has 5 rings (SSSR count). The van der Waals surface area contributed by atoms with Crippen molar-refractivity contribution in [3.63, 3.8) is 0 Å². The van der Waals surface area contributed by atoms with E-state index in [9.17, 15) is 4.79 Å². The number of benzene rings is 1. The van der Waals surface area contributed by atoms with Crippen LogP contribution in [-0.4, -0.2) is 62.5 Å². The van der Waals surface area contributed by atoms with Crippen LogP contribution in [0.3, 0.4) is 0 Å². The van der Waals surface area contributed by atoms with E-state index in [1.807, 2.05) is 26.0 Å². The van der Waals surface area contributed by atoms with Gasteiger partial charge in [0.2, 0.25) is 0 Å². The third-order valence-corrected chi connectivity index (χ3v) is 5.20. The number of hydrogen-bond donors (Lipinski definition) is 2. The second kappa shape index (κ2) is 8.82. The van der Waals surface area contributed by atoms with Crippen LogP contribution in [0.15, 0.2) is 41.2 Å². The number of morpholine rings is 1. The van der Waals surface area contributed by atoms with Crippen molar-refractivity contribution in [1.29, 1.82) is 0 Å².